The Balaban J connectivity index is 1.54. The molecule has 9 nitrogen and oxygen atoms in total. The zero-order valence-corrected chi connectivity index (χ0v) is 16.5. The lowest BCUT2D eigenvalue weighted by Crippen LogP contribution is -2.38. The Hall–Kier alpha value is -3.75. The minimum absolute atomic E-state index is 0.197. The SMILES string of the molecule is CC(NC(=O)N(C)Cc1cn(C)nn1)c1ccc(NC(=O)c2ccncc2)cc1. The van der Waals surface area contributed by atoms with E-state index in [0.29, 0.717) is 23.5 Å². The molecule has 0 aliphatic rings. The first kappa shape index (κ1) is 20.0. The van der Waals surface area contributed by atoms with Gasteiger partial charge in [-0.1, -0.05) is 17.3 Å². The number of hydrogen-bond donors (Lipinski definition) is 2. The topological polar surface area (TPSA) is 105 Å². The van der Waals surface area contributed by atoms with E-state index >= 15 is 0 Å². The molecule has 0 aliphatic carbocycles. The fourth-order valence-corrected chi connectivity index (χ4v) is 2.72. The van der Waals surface area contributed by atoms with Crippen LogP contribution in [0.25, 0.3) is 0 Å². The van der Waals surface area contributed by atoms with E-state index in [1.807, 2.05) is 19.1 Å². The van der Waals surface area contributed by atoms with Crippen LogP contribution in [0.1, 0.15) is 34.6 Å². The number of carbonyl (C=O) groups excluding carboxylic acids is 2. The molecule has 1 atom stereocenters. The fourth-order valence-electron chi connectivity index (χ4n) is 2.72. The maximum absolute atomic E-state index is 12.4. The Morgan fingerprint density at radius 3 is 2.45 bits per heavy atom. The average Bonchev–Trinajstić information content (AvgIpc) is 3.13. The maximum atomic E-state index is 12.4. The van der Waals surface area contributed by atoms with Crippen molar-refractivity contribution < 1.29 is 9.59 Å². The minimum Gasteiger partial charge on any atom is -0.331 e. The lowest BCUT2D eigenvalue weighted by atomic mass is 10.1. The Morgan fingerprint density at radius 1 is 1.14 bits per heavy atom. The predicted molar refractivity (Wildman–Crippen MR) is 108 cm³/mol. The molecule has 2 N–H and O–H groups in total. The summed E-state index contributed by atoms with van der Waals surface area (Å²) in [5.41, 5.74) is 2.85. The fraction of sp³-hybridized carbons (Fsp3) is 0.250. The highest BCUT2D eigenvalue weighted by atomic mass is 16.2. The largest absolute Gasteiger partial charge is 0.331 e. The molecule has 150 valence electrons. The monoisotopic (exact) mass is 393 g/mol. The number of rotatable bonds is 6. The molecule has 0 saturated heterocycles. The van der Waals surface area contributed by atoms with E-state index in [-0.39, 0.29) is 18.0 Å². The highest BCUT2D eigenvalue weighted by molar-refractivity contribution is 6.04. The average molecular weight is 393 g/mol. The summed E-state index contributed by atoms with van der Waals surface area (Å²) in [6, 6.07) is 10.2. The van der Waals surface area contributed by atoms with Crippen molar-refractivity contribution in [3.8, 4) is 0 Å². The summed E-state index contributed by atoms with van der Waals surface area (Å²) < 4.78 is 1.60. The first-order chi connectivity index (χ1) is 13.9. The second kappa shape index (κ2) is 8.96. The number of nitrogens with one attached hydrogen (secondary N) is 2. The molecule has 3 aromatic rings. The molecule has 1 aromatic carbocycles. The molecule has 3 amide bonds. The van der Waals surface area contributed by atoms with Crippen LogP contribution < -0.4 is 10.6 Å². The highest BCUT2D eigenvalue weighted by Crippen LogP contribution is 2.17. The van der Waals surface area contributed by atoms with E-state index < -0.39 is 0 Å². The summed E-state index contributed by atoms with van der Waals surface area (Å²) in [5.74, 6) is -0.202. The number of aryl methyl sites for hydroxylation is 1. The number of benzene rings is 1. The summed E-state index contributed by atoms with van der Waals surface area (Å²) in [5, 5.41) is 13.6. The molecule has 0 radical (unpaired) electrons. The van der Waals surface area contributed by atoms with Crippen molar-refractivity contribution in [2.24, 2.45) is 7.05 Å². The van der Waals surface area contributed by atoms with Gasteiger partial charge >= 0.3 is 6.03 Å². The molecule has 2 heterocycles. The lowest BCUT2D eigenvalue weighted by Gasteiger charge is -2.21. The summed E-state index contributed by atoms with van der Waals surface area (Å²) >= 11 is 0. The molecule has 2 aromatic heterocycles. The van der Waals surface area contributed by atoms with E-state index in [4.69, 9.17) is 0 Å². The van der Waals surface area contributed by atoms with E-state index in [1.165, 1.54) is 0 Å². The standard InChI is InChI=1S/C20H23N7O2/c1-14(22-20(29)26(2)12-18-13-27(3)25-24-18)15-4-6-17(7-5-15)23-19(28)16-8-10-21-11-9-16/h4-11,13-14H,12H2,1-3H3,(H,22,29)(H,23,28). The second-order valence-electron chi connectivity index (χ2n) is 6.72. The smallest absolute Gasteiger partial charge is 0.317 e. The van der Waals surface area contributed by atoms with Crippen LogP contribution in [0.2, 0.25) is 0 Å². The number of anilines is 1. The van der Waals surface area contributed by atoms with Gasteiger partial charge in [0.05, 0.1) is 12.6 Å². The van der Waals surface area contributed by atoms with Crippen LogP contribution in [-0.2, 0) is 13.6 Å². The van der Waals surface area contributed by atoms with Crippen LogP contribution in [0.4, 0.5) is 10.5 Å². The van der Waals surface area contributed by atoms with Gasteiger partial charge in [0.15, 0.2) is 0 Å². The molecule has 0 saturated carbocycles. The van der Waals surface area contributed by atoms with Crippen LogP contribution in [0.15, 0.2) is 55.0 Å². The Bertz CT molecular complexity index is 970. The quantitative estimate of drug-likeness (QED) is 0.669. The molecule has 9 heteroatoms. The van der Waals surface area contributed by atoms with Gasteiger partial charge in [-0.3, -0.25) is 14.5 Å². The number of carbonyl (C=O) groups is 2. The second-order valence-corrected chi connectivity index (χ2v) is 6.72. The summed E-state index contributed by atoms with van der Waals surface area (Å²) in [6.45, 7) is 2.27. The molecule has 0 bridgehead atoms. The van der Waals surface area contributed by atoms with Gasteiger partial charge in [-0.2, -0.15) is 0 Å². The molecule has 29 heavy (non-hydrogen) atoms. The van der Waals surface area contributed by atoms with Gasteiger partial charge < -0.3 is 15.5 Å². The number of pyridine rings is 1. The molecule has 0 aliphatic heterocycles. The van der Waals surface area contributed by atoms with Crippen molar-refractivity contribution in [1.29, 1.82) is 0 Å². The first-order valence-corrected chi connectivity index (χ1v) is 9.10. The van der Waals surface area contributed by atoms with Crippen molar-refractivity contribution in [2.75, 3.05) is 12.4 Å². The molecular formula is C20H23N7O2. The third kappa shape index (κ3) is 5.38. The predicted octanol–water partition coefficient (Wildman–Crippen LogP) is 2.37. The third-order valence-electron chi connectivity index (χ3n) is 4.35. The number of nitrogens with zero attached hydrogens (tertiary/aromatic N) is 5. The normalized spacial score (nSPS) is 11.6. The van der Waals surface area contributed by atoms with Crippen LogP contribution in [-0.4, -0.2) is 43.9 Å². The van der Waals surface area contributed by atoms with Gasteiger partial charge in [0.2, 0.25) is 0 Å². The first-order valence-electron chi connectivity index (χ1n) is 9.10. The van der Waals surface area contributed by atoms with Gasteiger partial charge in [0, 0.05) is 43.9 Å². The molecule has 1 unspecified atom stereocenters. The van der Waals surface area contributed by atoms with Crippen molar-refractivity contribution in [1.82, 2.24) is 30.2 Å². The summed E-state index contributed by atoms with van der Waals surface area (Å²) in [7, 11) is 3.48. The maximum Gasteiger partial charge on any atom is 0.317 e. The van der Waals surface area contributed by atoms with Gasteiger partial charge in [-0.25, -0.2) is 4.79 Å². The van der Waals surface area contributed by atoms with Crippen molar-refractivity contribution in [3.05, 3.63) is 71.8 Å². The molecular weight excluding hydrogens is 370 g/mol. The number of hydrogen-bond acceptors (Lipinski definition) is 5. The Kier molecular flexibility index (Phi) is 6.18. The van der Waals surface area contributed by atoms with Crippen LogP contribution >= 0.6 is 0 Å². The van der Waals surface area contributed by atoms with Crippen LogP contribution in [0.3, 0.4) is 0 Å². The van der Waals surface area contributed by atoms with E-state index in [0.717, 1.165) is 5.56 Å². The minimum atomic E-state index is -0.210. The molecule has 3 rings (SSSR count). The van der Waals surface area contributed by atoms with Gasteiger partial charge in [-0.15, -0.1) is 5.10 Å². The van der Waals surface area contributed by atoms with Gasteiger partial charge in [0.1, 0.15) is 5.69 Å². The van der Waals surface area contributed by atoms with E-state index in [2.05, 4.69) is 25.9 Å². The summed E-state index contributed by atoms with van der Waals surface area (Å²) in [4.78, 5) is 30.0. The van der Waals surface area contributed by atoms with Gasteiger partial charge in [0.25, 0.3) is 5.91 Å². The third-order valence-corrected chi connectivity index (χ3v) is 4.35. The van der Waals surface area contributed by atoms with Crippen molar-refractivity contribution in [2.45, 2.75) is 19.5 Å². The Labute approximate surface area is 168 Å². The van der Waals surface area contributed by atoms with Crippen molar-refractivity contribution >= 4 is 17.6 Å². The van der Waals surface area contributed by atoms with Crippen LogP contribution in [0, 0.1) is 0 Å². The van der Waals surface area contributed by atoms with E-state index in [9.17, 15) is 9.59 Å². The zero-order valence-electron chi connectivity index (χ0n) is 16.5. The Morgan fingerprint density at radius 2 is 1.83 bits per heavy atom. The zero-order chi connectivity index (χ0) is 20.8. The molecule has 0 fully saturated rings. The number of urea groups is 1. The number of aromatic nitrogens is 4. The molecule has 0 spiro atoms. The van der Waals surface area contributed by atoms with E-state index in [1.54, 1.807) is 66.5 Å². The van der Waals surface area contributed by atoms with Crippen molar-refractivity contribution in [3.63, 3.8) is 0 Å². The van der Waals surface area contributed by atoms with Gasteiger partial charge in [-0.05, 0) is 36.8 Å². The number of amides is 3. The highest BCUT2D eigenvalue weighted by Gasteiger charge is 2.15. The lowest BCUT2D eigenvalue weighted by molar-refractivity contribution is 0.102. The summed E-state index contributed by atoms with van der Waals surface area (Å²) in [6.07, 6.45) is 4.92. The van der Waals surface area contributed by atoms with Crippen LogP contribution in [0.5, 0.6) is 0 Å².